The number of sulfonamides is 1. The molecule has 0 aromatic heterocycles. The van der Waals surface area contributed by atoms with Crippen LogP contribution >= 0.6 is 24.4 Å². The number of azo groups is 3. The highest BCUT2D eigenvalue weighted by molar-refractivity contribution is 7.94. The lowest BCUT2D eigenvalue weighted by Crippen LogP contribution is -2.22. The average molecular weight is 1170 g/mol. The van der Waals surface area contributed by atoms with Gasteiger partial charge in [0.1, 0.15) is 38.3 Å². The van der Waals surface area contributed by atoms with E-state index in [1.54, 1.807) is 12.1 Å². The van der Waals surface area contributed by atoms with Gasteiger partial charge in [0.05, 0.1) is 80.0 Å². The molecule has 0 aliphatic carbocycles. The number of hydrogen-bond acceptors (Lipinski definition) is 28. The molecule has 29 nitrogen and oxygen atoms in total. The van der Waals surface area contributed by atoms with Gasteiger partial charge in [-0.05, 0) is 104 Å². The average Bonchev–Trinajstić information content (AvgIpc) is 3.37. The third kappa shape index (κ3) is 14.2. The van der Waals surface area contributed by atoms with Crippen LogP contribution in [0.4, 0.5) is 56.9 Å². The van der Waals surface area contributed by atoms with Gasteiger partial charge >= 0.3 is 0 Å². The number of nitrogens with two attached hydrogens (primary N) is 2. The van der Waals surface area contributed by atoms with Crippen molar-refractivity contribution in [2.75, 3.05) is 53.6 Å². The Labute approximate surface area is 441 Å². The molecule has 0 heterocycles. The van der Waals surface area contributed by atoms with E-state index in [-0.39, 0.29) is 50.9 Å². The molecule has 0 atom stereocenters. The van der Waals surface area contributed by atoms with Crippen LogP contribution in [0.5, 0.6) is 11.5 Å². The summed E-state index contributed by atoms with van der Waals surface area (Å²) in [6.07, 6.45) is 0. The largest absolute Gasteiger partial charge is 0.505 e. The second kappa shape index (κ2) is 25.0. The smallest absolute Gasteiger partial charge is 0.296 e. The molecule has 0 radical (unpaired) electrons. The Morgan fingerprint density at radius 2 is 1.26 bits per heavy atom. The summed E-state index contributed by atoms with van der Waals surface area (Å²) in [7, 11) is -17.4. The fourth-order valence-corrected chi connectivity index (χ4v) is 11.2. The van der Waals surface area contributed by atoms with E-state index in [0.717, 1.165) is 55.2 Å². The maximum Gasteiger partial charge on any atom is 0.296 e. The lowest BCUT2D eigenvalue weighted by Gasteiger charge is -2.24. The van der Waals surface area contributed by atoms with Crippen LogP contribution in [-0.2, 0) is 63.0 Å². The zero-order valence-electron chi connectivity index (χ0n) is 39.2. The van der Waals surface area contributed by atoms with Crippen molar-refractivity contribution in [2.45, 2.75) is 38.3 Å². The number of anilines is 4. The molecule has 76 heavy (non-hydrogen) atoms. The van der Waals surface area contributed by atoms with Crippen LogP contribution < -0.4 is 25.8 Å². The number of methoxy groups -OCH3 is 1. The summed E-state index contributed by atoms with van der Waals surface area (Å²) in [6, 6.07) is 18.2. The standard InChI is InChI=1S/C41H42N10O19S6/c1-4-51(5-2)32-21-29(42)31(22-33(32)65-3)47-44-24-6-8-26(9-7-24)50-74(57,58)27-12-10-25(11-13-27)45-49-40-36(76(62,63)64)19-23-18-34(71-69-67-53)39(41(52)37(23)38(40)43)48-46-30-15-14-28(20-35(30)75(59,60)61)73(55,56)17-16-66-72-70-68-54/h6-15,18-22,50,52-54H,4-5,16-17,42-43H2,1-3H3,(H,59,60,61)(H,62,63,64). The Hall–Kier alpha value is -6.68. The molecule has 0 unspecified atom stereocenters. The Bertz CT molecular complexity index is 3670. The quantitative estimate of drug-likeness (QED) is 0.00503. The molecule has 0 bridgehead atoms. The molecule has 0 aliphatic rings. The first kappa shape index (κ1) is 58.6. The molecule has 10 N–H and O–H groups in total. The van der Waals surface area contributed by atoms with Gasteiger partial charge in [0, 0.05) is 24.8 Å². The van der Waals surface area contributed by atoms with Crippen molar-refractivity contribution in [1.29, 1.82) is 0 Å². The maximum absolute atomic E-state index is 13.4. The molecule has 0 amide bonds. The molecule has 6 aromatic carbocycles. The molecule has 406 valence electrons. The highest BCUT2D eigenvalue weighted by atomic mass is 32.2. The first-order chi connectivity index (χ1) is 36.0. The number of ether oxygens (including phenoxy) is 1. The molecule has 6 rings (SSSR count). The van der Waals surface area contributed by atoms with Crippen LogP contribution in [0, 0.1) is 0 Å². The topological polar surface area (TPSA) is 435 Å². The Kier molecular flexibility index (Phi) is 19.3. The maximum atomic E-state index is 13.4. The van der Waals surface area contributed by atoms with E-state index in [1.807, 2.05) is 13.8 Å². The fraction of sp³-hybridized carbons (Fsp3) is 0.171. The number of aromatic hydroxyl groups is 1. The van der Waals surface area contributed by atoms with E-state index in [9.17, 15) is 47.9 Å². The SMILES string of the molecule is CCN(CC)c1cc(N)c(N=Nc2ccc(NS(=O)(=O)c3ccc(N=Nc4c(S(=O)(=O)O)cc5cc(SOOO)c(N=Nc6ccc(S(=O)(=O)CCOSOOO)cc6S(=O)(=O)O)c(O)c5c4N)cc3)cc2)cc1OC. The molecule has 0 spiro atoms. The number of hydrogen-bond donors (Lipinski definition) is 8. The number of benzene rings is 6. The van der Waals surface area contributed by atoms with Gasteiger partial charge in [0.25, 0.3) is 30.3 Å². The molecule has 0 aliphatic heterocycles. The molecular weight excluding hydrogens is 1130 g/mol. The molecule has 0 saturated heterocycles. The predicted octanol–water partition coefficient (Wildman–Crippen LogP) is 9.31. The van der Waals surface area contributed by atoms with Gasteiger partial charge in [-0.3, -0.25) is 18.0 Å². The monoisotopic (exact) mass is 1170 g/mol. The van der Waals surface area contributed by atoms with E-state index in [1.165, 1.54) is 43.5 Å². The molecule has 35 heteroatoms. The number of nitrogens with one attached hydrogen (secondary N) is 1. The summed E-state index contributed by atoms with van der Waals surface area (Å²) in [5.74, 6) is -1.14. The van der Waals surface area contributed by atoms with E-state index in [0.29, 0.717) is 28.9 Å². The lowest BCUT2D eigenvalue weighted by molar-refractivity contribution is -0.434. The number of phenolic OH excluding ortho intramolecular Hbond substituents is 1. The summed E-state index contributed by atoms with van der Waals surface area (Å²) in [5, 5.41) is 58.8. The fourth-order valence-electron chi connectivity index (χ4n) is 6.79. The minimum absolute atomic E-state index is 0.0643. The number of rotatable bonds is 25. The van der Waals surface area contributed by atoms with E-state index in [2.05, 4.69) is 59.1 Å². The molecular formula is C41H42N10O19S6. The van der Waals surface area contributed by atoms with Crippen molar-refractivity contribution in [3.05, 3.63) is 91.0 Å². The summed E-state index contributed by atoms with van der Waals surface area (Å²) in [5.41, 5.74) is 11.9. The highest BCUT2D eigenvalue weighted by Gasteiger charge is 2.27. The lowest BCUT2D eigenvalue weighted by atomic mass is 10.1. The van der Waals surface area contributed by atoms with Crippen molar-refractivity contribution in [3.63, 3.8) is 0 Å². The number of fused-ring (bicyclic) bond motifs is 1. The van der Waals surface area contributed by atoms with Gasteiger partial charge in [-0.25, -0.2) is 27.4 Å². The van der Waals surface area contributed by atoms with Crippen molar-refractivity contribution in [3.8, 4) is 11.5 Å². The number of sulfone groups is 1. The van der Waals surface area contributed by atoms with Crippen LogP contribution in [0.1, 0.15) is 13.8 Å². The highest BCUT2D eigenvalue weighted by Crippen LogP contribution is 2.50. The van der Waals surface area contributed by atoms with Gasteiger partial charge < -0.3 is 26.2 Å². The van der Waals surface area contributed by atoms with Crippen molar-refractivity contribution < 1.29 is 86.1 Å². The summed E-state index contributed by atoms with van der Waals surface area (Å²) >= 11 is 0.228. The minimum Gasteiger partial charge on any atom is -0.505 e. The van der Waals surface area contributed by atoms with Crippen LogP contribution in [0.2, 0.25) is 0 Å². The first-order valence-electron chi connectivity index (χ1n) is 21.0. The van der Waals surface area contributed by atoms with Crippen molar-refractivity contribution in [2.24, 2.45) is 30.7 Å². The number of nitrogens with zero attached hydrogens (tertiary/aromatic N) is 7. The molecule has 0 fully saturated rings. The van der Waals surface area contributed by atoms with Gasteiger partial charge in [0.15, 0.2) is 27.9 Å². The van der Waals surface area contributed by atoms with Crippen molar-refractivity contribution >= 4 is 132 Å². The summed E-state index contributed by atoms with van der Waals surface area (Å²) < 4.78 is 144. The van der Waals surface area contributed by atoms with Gasteiger partial charge in [0.2, 0.25) is 0 Å². The van der Waals surface area contributed by atoms with Crippen molar-refractivity contribution in [1.82, 2.24) is 0 Å². The van der Waals surface area contributed by atoms with Crippen LogP contribution in [0.25, 0.3) is 10.8 Å². The first-order valence-corrected chi connectivity index (χ1v) is 28.4. The van der Waals surface area contributed by atoms with Gasteiger partial charge in [-0.2, -0.15) is 27.1 Å². The van der Waals surface area contributed by atoms with E-state index >= 15 is 0 Å². The van der Waals surface area contributed by atoms with Gasteiger partial charge in [-0.1, -0.05) is 10.1 Å². The number of nitrogen functional groups attached to an aromatic ring is 2. The second-order valence-corrected chi connectivity index (χ2v) is 22.8. The Morgan fingerprint density at radius 1 is 0.671 bits per heavy atom. The molecule has 0 saturated carbocycles. The normalized spacial score (nSPS) is 12.6. The van der Waals surface area contributed by atoms with Crippen LogP contribution in [0.15, 0.2) is 146 Å². The second-order valence-electron chi connectivity index (χ2n) is 15.0. The Balaban J connectivity index is 1.27. The Morgan fingerprint density at radius 3 is 1.87 bits per heavy atom. The zero-order valence-corrected chi connectivity index (χ0v) is 44.1. The molecule has 6 aromatic rings. The summed E-state index contributed by atoms with van der Waals surface area (Å²) in [4.78, 5) is -1.16. The van der Waals surface area contributed by atoms with Crippen LogP contribution in [0.3, 0.4) is 0 Å². The van der Waals surface area contributed by atoms with Crippen LogP contribution in [-0.4, -0.2) is 91.0 Å². The third-order valence-corrected chi connectivity index (χ3v) is 16.2. The zero-order chi connectivity index (χ0) is 55.6. The van der Waals surface area contributed by atoms with Gasteiger partial charge in [-0.15, -0.1) is 29.1 Å². The van der Waals surface area contributed by atoms with E-state index < -0.39 is 101 Å². The predicted molar refractivity (Wildman–Crippen MR) is 274 cm³/mol. The summed E-state index contributed by atoms with van der Waals surface area (Å²) in [6.45, 7) is 4.91. The number of phenols is 1. The third-order valence-electron chi connectivity index (χ3n) is 10.4. The minimum atomic E-state index is -5.25. The van der Waals surface area contributed by atoms with E-state index in [4.69, 9.17) is 30.9 Å².